The summed E-state index contributed by atoms with van der Waals surface area (Å²) < 4.78 is 13.0. The summed E-state index contributed by atoms with van der Waals surface area (Å²) >= 11 is 0. The summed E-state index contributed by atoms with van der Waals surface area (Å²) in [5, 5.41) is 5.65. The fourth-order valence-electron chi connectivity index (χ4n) is 2.91. The number of amides is 3. The first-order chi connectivity index (χ1) is 9.63. The van der Waals surface area contributed by atoms with Gasteiger partial charge >= 0.3 is 6.03 Å². The van der Waals surface area contributed by atoms with Gasteiger partial charge < -0.3 is 15.5 Å². The standard InChI is InChI=1S/C14H16FN3O2/c15-10-3-1-2-9(6-10)8-16-14(20)18-5-4-11-12(18)7-13(19)17-11/h1-3,6,11-12H,4-5,7-8H2,(H,16,20)(H,17,19)/t11-,12-/m0/s1. The molecule has 20 heavy (non-hydrogen) atoms. The van der Waals surface area contributed by atoms with E-state index in [1.807, 2.05) is 0 Å². The minimum Gasteiger partial charge on any atom is -0.351 e. The molecule has 1 aromatic carbocycles. The van der Waals surface area contributed by atoms with Gasteiger partial charge in [-0.15, -0.1) is 0 Å². The van der Waals surface area contributed by atoms with Crippen molar-refractivity contribution in [1.82, 2.24) is 15.5 Å². The molecular formula is C14H16FN3O2. The molecule has 2 fully saturated rings. The smallest absolute Gasteiger partial charge is 0.318 e. The minimum absolute atomic E-state index is 0.00244. The van der Waals surface area contributed by atoms with E-state index >= 15 is 0 Å². The molecule has 106 valence electrons. The maximum Gasteiger partial charge on any atom is 0.318 e. The Morgan fingerprint density at radius 3 is 3.15 bits per heavy atom. The van der Waals surface area contributed by atoms with Crippen LogP contribution in [0.2, 0.25) is 0 Å². The number of nitrogens with one attached hydrogen (secondary N) is 2. The van der Waals surface area contributed by atoms with Crippen molar-refractivity contribution in [3.63, 3.8) is 0 Å². The molecule has 0 aromatic heterocycles. The van der Waals surface area contributed by atoms with E-state index in [4.69, 9.17) is 0 Å². The number of nitrogens with zero attached hydrogens (tertiary/aromatic N) is 1. The number of carbonyl (C=O) groups excluding carboxylic acids is 2. The fraction of sp³-hybridized carbons (Fsp3) is 0.429. The van der Waals surface area contributed by atoms with Crippen LogP contribution >= 0.6 is 0 Å². The summed E-state index contributed by atoms with van der Waals surface area (Å²) in [6.07, 6.45) is 1.17. The van der Waals surface area contributed by atoms with E-state index in [2.05, 4.69) is 10.6 Å². The van der Waals surface area contributed by atoms with Gasteiger partial charge in [0.05, 0.1) is 12.1 Å². The van der Waals surface area contributed by atoms with Gasteiger partial charge in [-0.1, -0.05) is 12.1 Å². The minimum atomic E-state index is -0.316. The predicted octanol–water partition coefficient (Wildman–Crippen LogP) is 0.998. The van der Waals surface area contributed by atoms with Crippen molar-refractivity contribution in [3.8, 4) is 0 Å². The molecule has 2 saturated heterocycles. The van der Waals surface area contributed by atoms with Gasteiger partial charge in [0.15, 0.2) is 0 Å². The Bertz CT molecular complexity index is 549. The molecule has 2 N–H and O–H groups in total. The third-order valence-corrected chi connectivity index (χ3v) is 3.88. The van der Waals surface area contributed by atoms with Crippen molar-refractivity contribution in [2.24, 2.45) is 0 Å². The number of urea groups is 1. The van der Waals surface area contributed by atoms with Crippen LogP contribution in [0.1, 0.15) is 18.4 Å². The van der Waals surface area contributed by atoms with Gasteiger partial charge in [-0.3, -0.25) is 4.79 Å². The van der Waals surface area contributed by atoms with Crippen LogP contribution in [0.5, 0.6) is 0 Å². The summed E-state index contributed by atoms with van der Waals surface area (Å²) in [7, 11) is 0. The van der Waals surface area contributed by atoms with Crippen LogP contribution in [0, 0.1) is 5.82 Å². The molecule has 2 aliphatic rings. The van der Waals surface area contributed by atoms with Crippen molar-refractivity contribution in [3.05, 3.63) is 35.6 Å². The van der Waals surface area contributed by atoms with Crippen LogP contribution in [0.25, 0.3) is 0 Å². The second-order valence-electron chi connectivity index (χ2n) is 5.22. The van der Waals surface area contributed by atoms with E-state index in [9.17, 15) is 14.0 Å². The van der Waals surface area contributed by atoms with Crippen LogP contribution in [0.3, 0.4) is 0 Å². The third-order valence-electron chi connectivity index (χ3n) is 3.88. The Kier molecular flexibility index (Phi) is 3.30. The van der Waals surface area contributed by atoms with Gasteiger partial charge in [0.1, 0.15) is 5.82 Å². The summed E-state index contributed by atoms with van der Waals surface area (Å²) in [6.45, 7) is 0.927. The van der Waals surface area contributed by atoms with Gasteiger partial charge in [0, 0.05) is 19.5 Å². The molecule has 0 bridgehead atoms. The topological polar surface area (TPSA) is 61.4 Å². The number of rotatable bonds is 2. The van der Waals surface area contributed by atoms with Crippen molar-refractivity contribution in [2.45, 2.75) is 31.5 Å². The van der Waals surface area contributed by atoms with E-state index in [-0.39, 0.29) is 36.4 Å². The monoisotopic (exact) mass is 277 g/mol. The first-order valence-corrected chi connectivity index (χ1v) is 6.72. The van der Waals surface area contributed by atoms with Crippen molar-refractivity contribution >= 4 is 11.9 Å². The van der Waals surface area contributed by atoms with Gasteiger partial charge in [-0.2, -0.15) is 0 Å². The lowest BCUT2D eigenvalue weighted by Crippen LogP contribution is -2.44. The zero-order valence-corrected chi connectivity index (χ0v) is 10.9. The molecule has 0 saturated carbocycles. The van der Waals surface area contributed by atoms with Crippen molar-refractivity contribution in [1.29, 1.82) is 0 Å². The molecule has 3 amide bonds. The lowest BCUT2D eigenvalue weighted by Gasteiger charge is -2.23. The highest BCUT2D eigenvalue weighted by molar-refractivity contribution is 5.82. The maximum absolute atomic E-state index is 13.0. The number of hydrogen-bond donors (Lipinski definition) is 2. The summed E-state index contributed by atoms with van der Waals surface area (Å²) in [5.74, 6) is -0.314. The first-order valence-electron chi connectivity index (χ1n) is 6.72. The van der Waals surface area contributed by atoms with Crippen LogP contribution in [-0.2, 0) is 11.3 Å². The maximum atomic E-state index is 13.0. The van der Waals surface area contributed by atoms with Gasteiger partial charge in [0.2, 0.25) is 5.91 Å². The first kappa shape index (κ1) is 12.9. The van der Waals surface area contributed by atoms with E-state index in [1.54, 1.807) is 17.0 Å². The van der Waals surface area contributed by atoms with E-state index in [0.29, 0.717) is 13.0 Å². The van der Waals surface area contributed by atoms with Crippen LogP contribution in [0.4, 0.5) is 9.18 Å². The zero-order chi connectivity index (χ0) is 14.1. The molecule has 0 radical (unpaired) electrons. The highest BCUT2D eigenvalue weighted by Gasteiger charge is 2.43. The highest BCUT2D eigenvalue weighted by atomic mass is 19.1. The summed E-state index contributed by atoms with van der Waals surface area (Å²) in [6, 6.07) is 5.98. The normalized spacial score (nSPS) is 24.4. The Hall–Kier alpha value is -2.11. The van der Waals surface area contributed by atoms with Crippen LogP contribution < -0.4 is 10.6 Å². The average Bonchev–Trinajstić information content (AvgIpc) is 2.95. The van der Waals surface area contributed by atoms with Crippen molar-refractivity contribution < 1.29 is 14.0 Å². The molecule has 2 heterocycles. The second-order valence-corrected chi connectivity index (χ2v) is 5.22. The molecule has 0 unspecified atom stereocenters. The number of benzene rings is 1. The highest BCUT2D eigenvalue weighted by Crippen LogP contribution is 2.25. The van der Waals surface area contributed by atoms with E-state index < -0.39 is 0 Å². The molecule has 3 rings (SSSR count). The SMILES string of the molecule is O=C1C[C@H]2[C@H](CCN2C(=O)NCc2cccc(F)c2)N1. The largest absolute Gasteiger partial charge is 0.351 e. The number of hydrogen-bond acceptors (Lipinski definition) is 2. The zero-order valence-electron chi connectivity index (χ0n) is 10.9. The van der Waals surface area contributed by atoms with Gasteiger partial charge in [0.25, 0.3) is 0 Å². The van der Waals surface area contributed by atoms with Gasteiger partial charge in [-0.05, 0) is 24.1 Å². The molecule has 6 heteroatoms. The summed E-state index contributed by atoms with van der Waals surface area (Å²) in [4.78, 5) is 25.2. The molecule has 1 aromatic rings. The second kappa shape index (κ2) is 5.11. The van der Waals surface area contributed by atoms with Crippen LogP contribution in [0.15, 0.2) is 24.3 Å². The number of fused-ring (bicyclic) bond motifs is 1. The Labute approximate surface area is 116 Å². The van der Waals surface area contributed by atoms with E-state index in [0.717, 1.165) is 12.0 Å². The summed E-state index contributed by atoms with van der Waals surface area (Å²) in [5.41, 5.74) is 0.717. The Balaban J connectivity index is 1.58. The molecular weight excluding hydrogens is 261 g/mol. The van der Waals surface area contributed by atoms with Crippen molar-refractivity contribution in [2.75, 3.05) is 6.54 Å². The Morgan fingerprint density at radius 2 is 2.35 bits per heavy atom. The predicted molar refractivity (Wildman–Crippen MR) is 70.3 cm³/mol. The number of carbonyl (C=O) groups is 2. The molecule has 0 spiro atoms. The fourth-order valence-corrected chi connectivity index (χ4v) is 2.91. The molecule has 2 atom stereocenters. The lowest BCUT2D eigenvalue weighted by atomic mass is 10.1. The number of likely N-dealkylation sites (tertiary alicyclic amines) is 1. The van der Waals surface area contributed by atoms with Gasteiger partial charge in [-0.25, -0.2) is 9.18 Å². The van der Waals surface area contributed by atoms with E-state index in [1.165, 1.54) is 12.1 Å². The molecule has 2 aliphatic heterocycles. The Morgan fingerprint density at radius 1 is 1.50 bits per heavy atom. The molecule has 5 nitrogen and oxygen atoms in total. The van der Waals surface area contributed by atoms with Crippen LogP contribution in [-0.4, -0.2) is 35.5 Å². The third kappa shape index (κ3) is 2.45. The lowest BCUT2D eigenvalue weighted by molar-refractivity contribution is -0.119. The quantitative estimate of drug-likeness (QED) is 0.847. The molecule has 0 aliphatic carbocycles. The average molecular weight is 277 g/mol. The number of halogens is 1.